The van der Waals surface area contributed by atoms with Gasteiger partial charge in [-0.3, -0.25) is 0 Å². The summed E-state index contributed by atoms with van der Waals surface area (Å²) in [6.07, 6.45) is 5.37. The SMILES string of the molecule is CCc1cc(C=CC#N)cc(CC)c1Br. The number of allylic oxidation sites excluding steroid dienone is 1. The highest BCUT2D eigenvalue weighted by atomic mass is 79.9. The van der Waals surface area contributed by atoms with E-state index in [1.54, 1.807) is 0 Å². The van der Waals surface area contributed by atoms with Gasteiger partial charge < -0.3 is 0 Å². The van der Waals surface area contributed by atoms with Crippen LogP contribution in [0.3, 0.4) is 0 Å². The highest BCUT2D eigenvalue weighted by Crippen LogP contribution is 2.25. The number of nitriles is 1. The summed E-state index contributed by atoms with van der Waals surface area (Å²) in [5.74, 6) is 0. The van der Waals surface area contributed by atoms with E-state index in [-0.39, 0.29) is 0 Å². The van der Waals surface area contributed by atoms with Gasteiger partial charge in [-0.05, 0) is 35.6 Å². The third-order valence-corrected chi connectivity index (χ3v) is 3.38. The Balaban J connectivity index is 3.21. The summed E-state index contributed by atoms with van der Waals surface area (Å²) in [6.45, 7) is 4.27. The summed E-state index contributed by atoms with van der Waals surface area (Å²) >= 11 is 3.61. The molecule has 0 saturated carbocycles. The lowest BCUT2D eigenvalue weighted by Crippen LogP contribution is -1.91. The first-order chi connectivity index (χ1) is 7.22. The van der Waals surface area contributed by atoms with Crippen molar-refractivity contribution >= 4 is 22.0 Å². The van der Waals surface area contributed by atoms with Crippen LogP contribution >= 0.6 is 15.9 Å². The third kappa shape index (κ3) is 2.94. The van der Waals surface area contributed by atoms with Gasteiger partial charge in [0.05, 0.1) is 6.07 Å². The molecule has 0 fully saturated rings. The van der Waals surface area contributed by atoms with Gasteiger partial charge in [-0.1, -0.05) is 41.9 Å². The summed E-state index contributed by atoms with van der Waals surface area (Å²) in [5.41, 5.74) is 3.70. The second-order valence-electron chi connectivity index (χ2n) is 3.32. The molecular weight excluding hydrogens is 250 g/mol. The maximum atomic E-state index is 8.49. The van der Waals surface area contributed by atoms with Crippen molar-refractivity contribution in [2.45, 2.75) is 26.7 Å². The molecule has 0 unspecified atom stereocenters. The van der Waals surface area contributed by atoms with Crippen LogP contribution in [0.15, 0.2) is 22.7 Å². The zero-order chi connectivity index (χ0) is 11.3. The fourth-order valence-electron chi connectivity index (χ4n) is 1.52. The Kier molecular flexibility index (Phi) is 4.58. The van der Waals surface area contributed by atoms with E-state index in [9.17, 15) is 0 Å². The predicted octanol–water partition coefficient (Wildman–Crippen LogP) is 4.11. The van der Waals surface area contributed by atoms with Crippen molar-refractivity contribution in [3.63, 3.8) is 0 Å². The quantitative estimate of drug-likeness (QED) is 0.753. The second kappa shape index (κ2) is 5.72. The Hall–Kier alpha value is -1.07. The van der Waals surface area contributed by atoms with E-state index in [1.807, 2.05) is 12.1 Å². The lowest BCUT2D eigenvalue weighted by atomic mass is 10.0. The van der Waals surface area contributed by atoms with E-state index in [1.165, 1.54) is 21.7 Å². The largest absolute Gasteiger partial charge is 0.193 e. The van der Waals surface area contributed by atoms with Crippen LogP contribution in [0.25, 0.3) is 6.08 Å². The molecule has 15 heavy (non-hydrogen) atoms. The van der Waals surface area contributed by atoms with Crippen molar-refractivity contribution in [3.05, 3.63) is 39.4 Å². The number of halogens is 1. The topological polar surface area (TPSA) is 23.8 Å². The molecule has 0 aromatic heterocycles. The maximum Gasteiger partial charge on any atom is 0.0912 e. The highest BCUT2D eigenvalue weighted by Gasteiger charge is 2.04. The summed E-state index contributed by atoms with van der Waals surface area (Å²) in [7, 11) is 0. The van der Waals surface area contributed by atoms with E-state index in [2.05, 4.69) is 41.9 Å². The first-order valence-electron chi connectivity index (χ1n) is 5.10. The normalized spacial score (nSPS) is 10.5. The lowest BCUT2D eigenvalue weighted by Gasteiger charge is -2.08. The van der Waals surface area contributed by atoms with E-state index < -0.39 is 0 Å². The molecule has 0 N–H and O–H groups in total. The Labute approximate surface area is 99.6 Å². The van der Waals surface area contributed by atoms with Crippen molar-refractivity contribution in [1.82, 2.24) is 0 Å². The molecular formula is C13H14BrN. The first-order valence-corrected chi connectivity index (χ1v) is 5.89. The molecule has 1 aromatic carbocycles. The monoisotopic (exact) mass is 263 g/mol. The van der Waals surface area contributed by atoms with Gasteiger partial charge in [0.1, 0.15) is 0 Å². The lowest BCUT2D eigenvalue weighted by molar-refractivity contribution is 1.06. The Morgan fingerprint density at radius 3 is 2.20 bits per heavy atom. The standard InChI is InChI=1S/C13H14BrN/c1-3-11-8-10(6-5-7-15)9-12(4-2)13(11)14/h5-6,8-9H,3-4H2,1-2H3. The van der Waals surface area contributed by atoms with Gasteiger partial charge in [-0.2, -0.15) is 5.26 Å². The number of rotatable bonds is 3. The Morgan fingerprint density at radius 1 is 1.27 bits per heavy atom. The van der Waals surface area contributed by atoms with Gasteiger partial charge in [-0.25, -0.2) is 0 Å². The number of hydrogen-bond acceptors (Lipinski definition) is 1. The average Bonchev–Trinajstić information content (AvgIpc) is 2.27. The Morgan fingerprint density at radius 2 is 1.80 bits per heavy atom. The Bertz CT molecular complexity index is 388. The van der Waals surface area contributed by atoms with E-state index in [4.69, 9.17) is 5.26 Å². The smallest absolute Gasteiger partial charge is 0.0912 e. The molecule has 0 saturated heterocycles. The van der Waals surface area contributed by atoms with Crippen LogP contribution in [0.1, 0.15) is 30.5 Å². The fourth-order valence-corrected chi connectivity index (χ4v) is 2.31. The number of nitrogens with zero attached hydrogens (tertiary/aromatic N) is 1. The van der Waals surface area contributed by atoms with E-state index in [0.717, 1.165) is 18.4 Å². The molecule has 0 atom stereocenters. The molecule has 0 aliphatic heterocycles. The molecule has 78 valence electrons. The van der Waals surface area contributed by atoms with Gasteiger partial charge in [0.2, 0.25) is 0 Å². The minimum Gasteiger partial charge on any atom is -0.193 e. The fraction of sp³-hybridized carbons (Fsp3) is 0.308. The molecule has 0 aliphatic carbocycles. The molecule has 1 rings (SSSR count). The van der Waals surface area contributed by atoms with Gasteiger partial charge in [0.15, 0.2) is 0 Å². The number of hydrogen-bond donors (Lipinski definition) is 0. The van der Waals surface area contributed by atoms with Gasteiger partial charge in [0.25, 0.3) is 0 Å². The minimum atomic E-state index is 1.00. The molecule has 0 aliphatic rings. The van der Waals surface area contributed by atoms with Crippen molar-refractivity contribution in [2.75, 3.05) is 0 Å². The van der Waals surface area contributed by atoms with E-state index >= 15 is 0 Å². The molecule has 1 aromatic rings. The van der Waals surface area contributed by atoms with Crippen LogP contribution in [-0.4, -0.2) is 0 Å². The molecule has 1 nitrogen and oxygen atoms in total. The summed E-state index contributed by atoms with van der Waals surface area (Å²) in [4.78, 5) is 0. The molecule has 0 spiro atoms. The average molecular weight is 264 g/mol. The first kappa shape index (κ1) is 12.0. The van der Waals surface area contributed by atoms with Crippen LogP contribution < -0.4 is 0 Å². The zero-order valence-corrected chi connectivity index (χ0v) is 10.6. The van der Waals surface area contributed by atoms with Crippen molar-refractivity contribution in [3.8, 4) is 6.07 Å². The van der Waals surface area contributed by atoms with Crippen LogP contribution in [0, 0.1) is 11.3 Å². The van der Waals surface area contributed by atoms with Gasteiger partial charge >= 0.3 is 0 Å². The molecule has 0 heterocycles. The van der Waals surface area contributed by atoms with Crippen LogP contribution in [0.2, 0.25) is 0 Å². The molecule has 0 amide bonds. The summed E-state index contributed by atoms with van der Waals surface area (Å²) < 4.78 is 1.21. The molecule has 0 bridgehead atoms. The van der Waals surface area contributed by atoms with Crippen LogP contribution in [-0.2, 0) is 12.8 Å². The zero-order valence-electron chi connectivity index (χ0n) is 9.05. The van der Waals surface area contributed by atoms with Crippen LogP contribution in [0.4, 0.5) is 0 Å². The highest BCUT2D eigenvalue weighted by molar-refractivity contribution is 9.10. The predicted molar refractivity (Wildman–Crippen MR) is 67.5 cm³/mol. The summed E-state index contributed by atoms with van der Waals surface area (Å²) in [6, 6.07) is 6.26. The minimum absolute atomic E-state index is 1.00. The van der Waals surface area contributed by atoms with Gasteiger partial charge in [-0.15, -0.1) is 0 Å². The molecule has 0 radical (unpaired) electrons. The summed E-state index contributed by atoms with van der Waals surface area (Å²) in [5, 5.41) is 8.49. The maximum absolute atomic E-state index is 8.49. The van der Waals surface area contributed by atoms with Gasteiger partial charge in [0, 0.05) is 10.5 Å². The number of aryl methyl sites for hydroxylation is 2. The number of benzene rings is 1. The molecule has 2 heteroatoms. The van der Waals surface area contributed by atoms with E-state index in [0.29, 0.717) is 0 Å². The van der Waals surface area contributed by atoms with Crippen molar-refractivity contribution in [1.29, 1.82) is 5.26 Å². The van der Waals surface area contributed by atoms with Crippen LogP contribution in [0.5, 0.6) is 0 Å². The third-order valence-electron chi connectivity index (χ3n) is 2.36. The van der Waals surface area contributed by atoms with Crippen molar-refractivity contribution in [2.24, 2.45) is 0 Å². The van der Waals surface area contributed by atoms with Crippen molar-refractivity contribution < 1.29 is 0 Å². The second-order valence-corrected chi connectivity index (χ2v) is 4.12.